The summed E-state index contributed by atoms with van der Waals surface area (Å²) in [6.07, 6.45) is 11.3. The number of piperazine rings is 2. The molecule has 0 bridgehead atoms. The van der Waals surface area contributed by atoms with E-state index >= 15 is 0 Å². The number of hydrogen-bond acceptors (Lipinski definition) is 18. The Morgan fingerprint density at radius 1 is 0.718 bits per heavy atom. The van der Waals surface area contributed by atoms with Gasteiger partial charge >= 0.3 is 0 Å². The van der Waals surface area contributed by atoms with Crippen LogP contribution in [0.15, 0.2) is 67.0 Å². The van der Waals surface area contributed by atoms with Gasteiger partial charge in [-0.1, -0.05) is 87.2 Å². The van der Waals surface area contributed by atoms with E-state index < -0.39 is 12.1 Å². The number of H-pyrrole nitrogens is 1. The monoisotopic (exact) mass is 1090 g/mol. The third-order valence-electron chi connectivity index (χ3n) is 14.6. The number of para-hydroxylation sites is 1. The molecule has 6 atom stereocenters. The number of halogens is 1. The number of carbonyl (C=O) groups excluding carboxylic acids is 2. The number of phenols is 1. The number of aromatic hydroxyl groups is 1. The van der Waals surface area contributed by atoms with E-state index in [1.165, 1.54) is 0 Å². The number of fused-ring (bicyclic) bond motifs is 1. The van der Waals surface area contributed by atoms with E-state index in [1.54, 1.807) is 27.7 Å². The summed E-state index contributed by atoms with van der Waals surface area (Å²) in [5.74, 6) is 4.05. The standard InChI is InChI=1S/C54H75N17O6.ClH/c1-6-26-75-28-30-77-31-29-76-27-17-57-52-59-53(68-22-18-66(19-23-68)50(73)46(32-39-13-15-42(72)16-14-39)70-35-44(62-64-70)48(55)37(4)7-2)61-54(60-52)69-24-20-67(21-25-69)51(74)47(34-41-33-40-11-9-10-12-43(40)58-41)71-36-45(63-65-71)49(56)38(5)8-3;/h1,9-16,33,35-38,46-49,58,72H,7-8,17-32,34,55-56H2,2-5H3,(H,57,59,60,61);1H/t37?,38?,46-,47+,48-,49-;/m0./s1. The molecule has 2 aliphatic heterocycles. The van der Waals surface area contributed by atoms with Crippen molar-refractivity contribution in [3.8, 4) is 18.1 Å². The highest BCUT2D eigenvalue weighted by molar-refractivity contribution is 5.85. The maximum atomic E-state index is 14.7. The minimum atomic E-state index is -0.700. The van der Waals surface area contributed by atoms with Gasteiger partial charge in [0.05, 0.1) is 68.9 Å². The maximum absolute atomic E-state index is 14.7. The lowest BCUT2D eigenvalue weighted by atomic mass is 9.98. The minimum Gasteiger partial charge on any atom is -0.508 e. The molecular formula is C54H76ClN17O6. The van der Waals surface area contributed by atoms with Crippen LogP contribution < -0.4 is 26.6 Å². The zero-order valence-electron chi connectivity index (χ0n) is 45.2. The number of nitrogens with zero attached hydrogens (tertiary/aromatic N) is 13. The molecule has 2 amide bonds. The number of amides is 2. The van der Waals surface area contributed by atoms with Gasteiger partial charge in [0.1, 0.15) is 24.4 Å². The lowest BCUT2D eigenvalue weighted by molar-refractivity contribution is -0.136. The van der Waals surface area contributed by atoms with Crippen molar-refractivity contribution in [3.05, 3.63) is 89.6 Å². The van der Waals surface area contributed by atoms with Gasteiger partial charge < -0.3 is 60.7 Å². The largest absolute Gasteiger partial charge is 0.508 e. The number of anilines is 3. The second-order valence-corrected chi connectivity index (χ2v) is 19.8. The van der Waals surface area contributed by atoms with E-state index in [2.05, 4.69) is 80.4 Å². The van der Waals surface area contributed by atoms with Crippen molar-refractivity contribution < 1.29 is 28.9 Å². The fourth-order valence-electron chi connectivity index (χ4n) is 9.37. The zero-order chi connectivity index (χ0) is 54.3. The molecule has 2 fully saturated rings. The zero-order valence-corrected chi connectivity index (χ0v) is 46.0. The van der Waals surface area contributed by atoms with E-state index in [9.17, 15) is 14.7 Å². The molecule has 78 heavy (non-hydrogen) atoms. The topological polar surface area (TPSA) is 275 Å². The van der Waals surface area contributed by atoms with E-state index in [4.69, 9.17) is 47.1 Å². The van der Waals surface area contributed by atoms with Crippen molar-refractivity contribution in [2.75, 3.05) is 114 Å². The van der Waals surface area contributed by atoms with Crippen molar-refractivity contribution in [2.45, 2.75) is 77.5 Å². The van der Waals surface area contributed by atoms with E-state index in [0.717, 1.165) is 35.0 Å². The van der Waals surface area contributed by atoms with E-state index in [0.29, 0.717) is 134 Å². The van der Waals surface area contributed by atoms with Crippen LogP contribution >= 0.6 is 12.4 Å². The van der Waals surface area contributed by atoms with Gasteiger partial charge in [-0.05, 0) is 47.1 Å². The first-order chi connectivity index (χ1) is 37.4. The summed E-state index contributed by atoms with van der Waals surface area (Å²) in [6, 6.07) is 15.0. The predicted molar refractivity (Wildman–Crippen MR) is 299 cm³/mol. The summed E-state index contributed by atoms with van der Waals surface area (Å²) >= 11 is 0. The molecule has 8 rings (SSSR count). The molecule has 6 heterocycles. The number of nitrogens with two attached hydrogens (primary N) is 2. The summed E-state index contributed by atoms with van der Waals surface area (Å²) in [5.41, 5.74) is 17.2. The normalized spacial score (nSPS) is 16.3. The number of rotatable bonds is 27. The van der Waals surface area contributed by atoms with Crippen LogP contribution in [-0.2, 0) is 36.6 Å². The Hall–Kier alpha value is -6.94. The third-order valence-corrected chi connectivity index (χ3v) is 14.6. The summed E-state index contributed by atoms with van der Waals surface area (Å²) in [6.45, 7) is 14.4. The highest BCUT2D eigenvalue weighted by Crippen LogP contribution is 2.28. The molecule has 420 valence electrons. The number of benzene rings is 2. The minimum absolute atomic E-state index is 0. The Morgan fingerprint density at radius 3 is 1.76 bits per heavy atom. The first-order valence-corrected chi connectivity index (χ1v) is 26.9. The average Bonchev–Trinajstić information content (AvgIpc) is 4.27. The first kappa shape index (κ1) is 58.7. The molecule has 23 nitrogen and oxygen atoms in total. The van der Waals surface area contributed by atoms with E-state index in [1.807, 2.05) is 52.4 Å². The SMILES string of the molecule is C#CCOCCOCCOCCNc1nc(N2CCN(C(=O)[C@@H](Cc3cc4ccccc4[nH]3)n3cc([C@@H](N)C(C)CC)nn3)CC2)nc(N2CCN(C(=O)[C@H](Cc3ccc(O)cc3)n3cc([C@@H](N)C(C)CC)nn3)CC2)n1.Cl. The van der Waals surface area contributed by atoms with Crippen molar-refractivity contribution in [1.29, 1.82) is 0 Å². The highest BCUT2D eigenvalue weighted by Gasteiger charge is 2.34. The number of hydrogen-bond donors (Lipinski definition) is 5. The van der Waals surface area contributed by atoms with Crippen molar-refractivity contribution >= 4 is 53.0 Å². The Morgan fingerprint density at radius 2 is 1.23 bits per heavy atom. The fourth-order valence-corrected chi connectivity index (χ4v) is 9.37. The number of aromatic amines is 1. The molecule has 2 unspecified atom stereocenters. The van der Waals surface area contributed by atoms with Gasteiger partial charge in [-0.3, -0.25) is 9.59 Å². The van der Waals surface area contributed by atoms with Crippen LogP contribution in [0, 0.1) is 24.2 Å². The maximum Gasteiger partial charge on any atom is 0.248 e. The molecule has 7 N–H and O–H groups in total. The van der Waals surface area contributed by atoms with Crippen LogP contribution in [0.2, 0.25) is 0 Å². The van der Waals surface area contributed by atoms with Gasteiger partial charge in [0.15, 0.2) is 0 Å². The molecule has 0 aliphatic carbocycles. The quantitative estimate of drug-likeness (QED) is 0.0359. The Balaban J connectivity index is 0.00000882. The average molecular weight is 1090 g/mol. The molecule has 2 aliphatic rings. The number of carbonyl (C=O) groups is 2. The van der Waals surface area contributed by atoms with Gasteiger partial charge in [0.2, 0.25) is 29.7 Å². The third kappa shape index (κ3) is 15.2. The molecule has 0 spiro atoms. The lowest BCUT2D eigenvalue weighted by Crippen LogP contribution is -2.52. The van der Waals surface area contributed by atoms with Crippen LogP contribution in [0.4, 0.5) is 17.8 Å². The van der Waals surface area contributed by atoms with Gasteiger partial charge in [0.25, 0.3) is 0 Å². The number of nitrogens with one attached hydrogen (secondary N) is 2. The summed E-state index contributed by atoms with van der Waals surface area (Å²) in [7, 11) is 0. The molecule has 4 aromatic heterocycles. The molecule has 6 aromatic rings. The van der Waals surface area contributed by atoms with Crippen molar-refractivity contribution in [1.82, 2.24) is 59.7 Å². The molecule has 0 radical (unpaired) electrons. The Labute approximate surface area is 462 Å². The number of terminal acetylenes is 1. The first-order valence-electron chi connectivity index (χ1n) is 26.9. The Bertz CT molecular complexity index is 2830. The predicted octanol–water partition coefficient (Wildman–Crippen LogP) is 4.12. The van der Waals surface area contributed by atoms with Crippen LogP contribution in [0.1, 0.15) is 87.3 Å². The van der Waals surface area contributed by atoms with Crippen LogP contribution in [0.25, 0.3) is 10.9 Å². The molecular weight excluding hydrogens is 1020 g/mol. The Kier molecular flexibility index (Phi) is 21.5. The van der Waals surface area contributed by atoms with Gasteiger partial charge in [-0.2, -0.15) is 15.0 Å². The lowest BCUT2D eigenvalue weighted by Gasteiger charge is -2.38. The summed E-state index contributed by atoms with van der Waals surface area (Å²) in [4.78, 5) is 55.4. The van der Waals surface area contributed by atoms with Gasteiger partial charge in [-0.15, -0.1) is 29.0 Å². The second kappa shape index (κ2) is 28.6. The second-order valence-electron chi connectivity index (χ2n) is 19.8. The van der Waals surface area contributed by atoms with Crippen LogP contribution in [0.5, 0.6) is 5.75 Å². The number of aromatic nitrogens is 10. The van der Waals surface area contributed by atoms with Gasteiger partial charge in [0, 0.05) is 83.0 Å². The molecule has 2 aromatic carbocycles. The summed E-state index contributed by atoms with van der Waals surface area (Å²) < 4.78 is 19.9. The molecule has 0 saturated carbocycles. The van der Waals surface area contributed by atoms with Gasteiger partial charge in [-0.25, -0.2) is 9.36 Å². The van der Waals surface area contributed by atoms with Crippen molar-refractivity contribution in [2.24, 2.45) is 23.3 Å². The smallest absolute Gasteiger partial charge is 0.248 e. The number of phenolic OH excluding ortho intramolecular Hbond substituents is 1. The van der Waals surface area contributed by atoms with Crippen LogP contribution in [-0.4, -0.2) is 175 Å². The van der Waals surface area contributed by atoms with Crippen LogP contribution in [0.3, 0.4) is 0 Å². The van der Waals surface area contributed by atoms with E-state index in [-0.39, 0.29) is 60.5 Å². The van der Waals surface area contributed by atoms with Crippen molar-refractivity contribution in [3.63, 3.8) is 0 Å². The molecule has 2 saturated heterocycles. The number of ether oxygens (including phenoxy) is 3. The molecule has 24 heteroatoms. The fraction of sp³-hybridized carbons (Fsp3) is 0.537. The summed E-state index contributed by atoms with van der Waals surface area (Å²) in [5, 5.41) is 32.2. The highest BCUT2D eigenvalue weighted by atomic mass is 35.5.